The average molecular weight is 236 g/mol. The van der Waals surface area contributed by atoms with Gasteiger partial charge in [0.25, 0.3) is 0 Å². The molecule has 94 valence electrons. The second-order valence-corrected chi connectivity index (χ2v) is 3.60. The maximum absolute atomic E-state index is 10.1. The van der Waals surface area contributed by atoms with Crippen molar-refractivity contribution in [3.05, 3.63) is 12.7 Å². The molecule has 0 heterocycles. The molecule has 0 amide bonds. The number of carbonyl (C=O) groups excluding carboxylic acids is 1. The van der Waals surface area contributed by atoms with Crippen molar-refractivity contribution in [2.24, 2.45) is 0 Å². The van der Waals surface area contributed by atoms with E-state index in [0.29, 0.717) is 32.6 Å². The van der Waals surface area contributed by atoms with Crippen molar-refractivity contribution in [2.75, 3.05) is 26.2 Å². The SMILES string of the molecule is C=CCCC(O)CNCCNCCC(=O)[O-].[Li+]. The number of carboxylic acid groups (broad SMARTS) is 1. The summed E-state index contributed by atoms with van der Waals surface area (Å²) in [4.78, 5) is 10.1. The van der Waals surface area contributed by atoms with Crippen LogP contribution in [0, 0.1) is 0 Å². The molecule has 0 saturated carbocycles. The van der Waals surface area contributed by atoms with Gasteiger partial charge in [0.15, 0.2) is 0 Å². The van der Waals surface area contributed by atoms with E-state index in [1.165, 1.54) is 0 Å². The molecule has 0 aliphatic rings. The van der Waals surface area contributed by atoms with E-state index in [-0.39, 0.29) is 31.4 Å². The quantitative estimate of drug-likeness (QED) is 0.192. The number of rotatable bonds is 11. The second kappa shape index (κ2) is 13.8. The summed E-state index contributed by atoms with van der Waals surface area (Å²) in [6.07, 6.45) is 3.00. The van der Waals surface area contributed by atoms with Gasteiger partial charge in [-0.25, -0.2) is 0 Å². The molecule has 0 rings (SSSR count). The van der Waals surface area contributed by atoms with Gasteiger partial charge in [-0.3, -0.25) is 0 Å². The van der Waals surface area contributed by atoms with Crippen LogP contribution in [0.25, 0.3) is 0 Å². The molecule has 0 radical (unpaired) electrons. The van der Waals surface area contributed by atoms with Crippen LogP contribution in [0.1, 0.15) is 19.3 Å². The molecule has 1 atom stereocenters. The number of aliphatic hydroxyl groups excluding tert-OH is 1. The largest absolute Gasteiger partial charge is 1.00 e. The Morgan fingerprint density at radius 2 is 2.00 bits per heavy atom. The van der Waals surface area contributed by atoms with Crippen LogP contribution < -0.4 is 34.6 Å². The van der Waals surface area contributed by atoms with Crippen LogP contribution in [0.3, 0.4) is 0 Å². The maximum Gasteiger partial charge on any atom is 1.00 e. The molecule has 0 aromatic carbocycles. The molecule has 0 aliphatic carbocycles. The molecule has 0 spiro atoms. The first kappa shape index (κ1) is 19.0. The molecular weight excluding hydrogens is 215 g/mol. The monoisotopic (exact) mass is 236 g/mol. The van der Waals surface area contributed by atoms with E-state index in [1.54, 1.807) is 6.08 Å². The topological polar surface area (TPSA) is 84.4 Å². The number of aliphatic carboxylic acids is 1. The van der Waals surface area contributed by atoms with Crippen LogP contribution >= 0.6 is 0 Å². The first-order valence-corrected chi connectivity index (χ1v) is 5.57. The van der Waals surface area contributed by atoms with Gasteiger partial charge in [0, 0.05) is 32.1 Å². The second-order valence-electron chi connectivity index (χ2n) is 3.60. The summed E-state index contributed by atoms with van der Waals surface area (Å²) in [5, 5.41) is 25.5. The van der Waals surface area contributed by atoms with E-state index in [0.717, 1.165) is 6.42 Å². The average Bonchev–Trinajstić information content (AvgIpc) is 2.24. The fourth-order valence-electron chi connectivity index (χ4n) is 1.17. The van der Waals surface area contributed by atoms with E-state index in [1.807, 2.05) is 0 Å². The fourth-order valence-corrected chi connectivity index (χ4v) is 1.17. The number of hydrogen-bond donors (Lipinski definition) is 3. The molecule has 0 saturated heterocycles. The molecule has 0 aliphatic heterocycles. The number of carbonyl (C=O) groups is 1. The molecular formula is C11H21LiN2O3. The van der Waals surface area contributed by atoms with Gasteiger partial charge in [-0.05, 0) is 19.3 Å². The normalized spacial score (nSPS) is 11.6. The van der Waals surface area contributed by atoms with Crippen LogP contribution in [-0.4, -0.2) is 43.4 Å². The van der Waals surface area contributed by atoms with Crippen LogP contribution in [0.2, 0.25) is 0 Å². The zero-order valence-corrected chi connectivity index (χ0v) is 10.6. The Kier molecular flexibility index (Phi) is 15.4. The van der Waals surface area contributed by atoms with Crippen molar-refractivity contribution in [3.8, 4) is 0 Å². The molecule has 5 nitrogen and oxygen atoms in total. The molecule has 3 N–H and O–H groups in total. The van der Waals surface area contributed by atoms with Crippen molar-refractivity contribution in [3.63, 3.8) is 0 Å². The summed E-state index contributed by atoms with van der Waals surface area (Å²) in [5.41, 5.74) is 0. The van der Waals surface area contributed by atoms with E-state index in [2.05, 4.69) is 17.2 Å². The zero-order chi connectivity index (χ0) is 12.2. The van der Waals surface area contributed by atoms with E-state index in [4.69, 9.17) is 0 Å². The molecule has 17 heavy (non-hydrogen) atoms. The van der Waals surface area contributed by atoms with Gasteiger partial charge in [-0.2, -0.15) is 0 Å². The van der Waals surface area contributed by atoms with Crippen molar-refractivity contribution in [2.45, 2.75) is 25.4 Å². The Morgan fingerprint density at radius 3 is 2.59 bits per heavy atom. The van der Waals surface area contributed by atoms with Crippen LogP contribution in [0.5, 0.6) is 0 Å². The first-order chi connectivity index (χ1) is 7.66. The number of carboxylic acids is 1. The minimum absolute atomic E-state index is 0. The van der Waals surface area contributed by atoms with Gasteiger partial charge in [-0.15, -0.1) is 6.58 Å². The third-order valence-electron chi connectivity index (χ3n) is 2.07. The van der Waals surface area contributed by atoms with Crippen molar-refractivity contribution < 1.29 is 33.9 Å². The number of hydrogen-bond acceptors (Lipinski definition) is 5. The van der Waals surface area contributed by atoms with Crippen LogP contribution in [-0.2, 0) is 4.79 Å². The van der Waals surface area contributed by atoms with Crippen LogP contribution in [0.15, 0.2) is 12.7 Å². The molecule has 6 heteroatoms. The van der Waals surface area contributed by atoms with E-state index >= 15 is 0 Å². The van der Waals surface area contributed by atoms with Crippen molar-refractivity contribution >= 4 is 5.97 Å². The molecule has 0 aromatic rings. The minimum Gasteiger partial charge on any atom is -0.550 e. The Labute approximate surface area is 115 Å². The Hall–Kier alpha value is -0.313. The summed E-state index contributed by atoms with van der Waals surface area (Å²) >= 11 is 0. The predicted octanol–water partition coefficient (Wildman–Crippen LogP) is -4.36. The predicted molar refractivity (Wildman–Crippen MR) is 60.8 cm³/mol. The van der Waals surface area contributed by atoms with Gasteiger partial charge >= 0.3 is 18.9 Å². The molecule has 0 aromatic heterocycles. The fraction of sp³-hybridized carbons (Fsp3) is 0.727. The van der Waals surface area contributed by atoms with E-state index < -0.39 is 5.97 Å². The first-order valence-electron chi connectivity index (χ1n) is 5.57. The zero-order valence-electron chi connectivity index (χ0n) is 10.6. The Bertz CT molecular complexity index is 203. The molecule has 0 fully saturated rings. The maximum atomic E-state index is 10.1. The minimum atomic E-state index is -1.04. The smallest absolute Gasteiger partial charge is 0.550 e. The Balaban J connectivity index is 0. The standard InChI is InChI=1S/C11H22N2O3.Li/c1-2-3-4-10(14)9-13-8-7-12-6-5-11(15)16;/h2,10,12-14H,1,3-9H2,(H,15,16);/q;+1/p-1. The van der Waals surface area contributed by atoms with Gasteiger partial charge in [-0.1, -0.05) is 6.08 Å². The van der Waals surface area contributed by atoms with Gasteiger partial charge < -0.3 is 25.6 Å². The van der Waals surface area contributed by atoms with Crippen molar-refractivity contribution in [1.82, 2.24) is 10.6 Å². The van der Waals surface area contributed by atoms with Gasteiger partial charge in [0.2, 0.25) is 0 Å². The van der Waals surface area contributed by atoms with Crippen molar-refractivity contribution in [1.29, 1.82) is 0 Å². The molecule has 0 bridgehead atoms. The number of aliphatic hydroxyl groups is 1. The van der Waals surface area contributed by atoms with Gasteiger partial charge in [0.05, 0.1) is 6.10 Å². The summed E-state index contributed by atoms with van der Waals surface area (Å²) in [5.74, 6) is -1.04. The number of nitrogens with one attached hydrogen (secondary N) is 2. The summed E-state index contributed by atoms with van der Waals surface area (Å²) in [7, 11) is 0. The number of allylic oxidation sites excluding steroid dienone is 1. The summed E-state index contributed by atoms with van der Waals surface area (Å²) in [6, 6.07) is 0. The third-order valence-corrected chi connectivity index (χ3v) is 2.07. The Morgan fingerprint density at radius 1 is 1.35 bits per heavy atom. The van der Waals surface area contributed by atoms with Gasteiger partial charge in [0.1, 0.15) is 0 Å². The molecule has 1 unspecified atom stereocenters. The summed E-state index contributed by atoms with van der Waals surface area (Å²) < 4.78 is 0. The van der Waals surface area contributed by atoms with Crippen LogP contribution in [0.4, 0.5) is 0 Å². The summed E-state index contributed by atoms with van der Waals surface area (Å²) in [6.45, 7) is 5.94. The third kappa shape index (κ3) is 15.7. The van der Waals surface area contributed by atoms with E-state index in [9.17, 15) is 15.0 Å².